The summed E-state index contributed by atoms with van der Waals surface area (Å²) < 4.78 is 33.3. The number of nitro benzene ring substituents is 2. The van der Waals surface area contributed by atoms with Crippen molar-refractivity contribution < 1.29 is 33.0 Å². The lowest BCUT2D eigenvalue weighted by molar-refractivity contribution is -0.394. The lowest BCUT2D eigenvalue weighted by Gasteiger charge is -2.09. The first-order valence-corrected chi connectivity index (χ1v) is 9.69. The largest absolute Gasteiger partial charge is 0.505 e. The Morgan fingerprint density at radius 3 is 2.03 bits per heavy atom. The smallest absolute Gasteiger partial charge is 0.319 e. The number of nitrogens with zero attached hydrogens (tertiary/aromatic N) is 5. The molecule has 14 nitrogen and oxygen atoms in total. The second-order valence-corrected chi connectivity index (χ2v) is 7.54. The molecule has 0 unspecified atom stereocenters. The molecule has 3 aromatic carbocycles. The van der Waals surface area contributed by atoms with E-state index >= 15 is 0 Å². The van der Waals surface area contributed by atoms with Crippen molar-refractivity contribution in [3.8, 4) is 11.5 Å². The van der Waals surface area contributed by atoms with Crippen molar-refractivity contribution in [1.29, 1.82) is 0 Å². The zero-order chi connectivity index (χ0) is 23.8. The number of benzene rings is 3. The Morgan fingerprint density at radius 1 is 0.875 bits per heavy atom. The summed E-state index contributed by atoms with van der Waals surface area (Å²) in [6.07, 6.45) is 0. The number of hydrogen-bond acceptors (Lipinski definition) is 11. The first-order chi connectivity index (χ1) is 14.9. The van der Waals surface area contributed by atoms with Crippen LogP contribution in [0.1, 0.15) is 0 Å². The van der Waals surface area contributed by atoms with Crippen molar-refractivity contribution in [2.75, 3.05) is 0 Å². The van der Waals surface area contributed by atoms with E-state index in [1.807, 2.05) is 0 Å². The normalized spacial score (nSPS) is 11.7. The van der Waals surface area contributed by atoms with E-state index < -0.39 is 59.1 Å². The van der Waals surface area contributed by atoms with Gasteiger partial charge in [-0.25, -0.2) is 0 Å². The molecule has 0 spiro atoms. The quantitative estimate of drug-likeness (QED) is 0.158. The molecule has 3 N–H and O–H groups in total. The molecule has 0 atom stereocenters. The molecule has 0 aliphatic carbocycles. The molecule has 0 heterocycles. The Morgan fingerprint density at radius 2 is 1.50 bits per heavy atom. The third kappa shape index (κ3) is 4.05. The zero-order valence-corrected chi connectivity index (χ0v) is 16.4. The number of nitro groups is 2. The van der Waals surface area contributed by atoms with Crippen molar-refractivity contribution in [3.05, 3.63) is 56.6 Å². The minimum Gasteiger partial charge on any atom is -0.505 e. The van der Waals surface area contributed by atoms with Gasteiger partial charge in [0.25, 0.3) is 15.8 Å². The Balaban J connectivity index is 2.26. The Labute approximate surface area is 177 Å². The molecule has 0 aliphatic rings. The molecular weight excluding hydrogens is 450 g/mol. The number of azo groups is 1. The molecule has 0 bridgehead atoms. The highest BCUT2D eigenvalue weighted by Gasteiger charge is 2.25. The van der Waals surface area contributed by atoms with Crippen LogP contribution in [0.4, 0.5) is 28.4 Å². The molecule has 3 aromatic rings. The van der Waals surface area contributed by atoms with Gasteiger partial charge in [0.15, 0.2) is 5.75 Å². The van der Waals surface area contributed by atoms with E-state index in [1.54, 1.807) is 0 Å². The van der Waals surface area contributed by atoms with E-state index in [0.717, 1.165) is 6.07 Å². The van der Waals surface area contributed by atoms with Crippen LogP contribution in [0.2, 0.25) is 0 Å². The maximum Gasteiger partial charge on any atom is 0.319 e. The van der Waals surface area contributed by atoms with Gasteiger partial charge in [0.2, 0.25) is 5.75 Å². The van der Waals surface area contributed by atoms with E-state index in [1.165, 1.54) is 18.2 Å². The highest BCUT2D eigenvalue weighted by molar-refractivity contribution is 7.86. The van der Waals surface area contributed by atoms with Crippen molar-refractivity contribution >= 4 is 56.0 Å². The van der Waals surface area contributed by atoms with Crippen LogP contribution in [0.15, 0.2) is 56.5 Å². The third-order valence-electron chi connectivity index (χ3n) is 4.22. The van der Waals surface area contributed by atoms with Crippen molar-refractivity contribution in [2.45, 2.75) is 4.90 Å². The molecule has 0 saturated heterocycles. The number of fused-ring (bicyclic) bond motifs is 1. The maximum absolute atomic E-state index is 11.8. The molecule has 164 valence electrons. The minimum atomic E-state index is -4.82. The van der Waals surface area contributed by atoms with Gasteiger partial charge >= 0.3 is 5.69 Å². The molecule has 0 radical (unpaired) electrons. The predicted octanol–water partition coefficient (Wildman–Crippen LogP) is 4.06. The van der Waals surface area contributed by atoms with Gasteiger partial charge in [-0.05, 0) is 31.0 Å². The first kappa shape index (κ1) is 22.2. The van der Waals surface area contributed by atoms with Crippen LogP contribution in [-0.2, 0) is 10.1 Å². The fourth-order valence-electron chi connectivity index (χ4n) is 2.76. The Kier molecular flexibility index (Phi) is 5.53. The Bertz CT molecular complexity index is 1450. The van der Waals surface area contributed by atoms with E-state index in [9.17, 15) is 43.4 Å². The summed E-state index contributed by atoms with van der Waals surface area (Å²) in [6, 6.07) is 5.87. The third-order valence-corrected chi connectivity index (χ3v) is 5.12. The summed E-state index contributed by atoms with van der Waals surface area (Å²) in [5.41, 5.74) is -2.75. The first-order valence-electron chi connectivity index (χ1n) is 8.25. The zero-order valence-electron chi connectivity index (χ0n) is 15.6. The number of phenolic OH excluding ortho intramolecular Hbond substituents is 2. The molecule has 0 aromatic heterocycles. The number of phenols is 2. The van der Waals surface area contributed by atoms with Crippen LogP contribution in [0.3, 0.4) is 0 Å². The van der Waals surface area contributed by atoms with Crippen LogP contribution in [-0.4, -0.2) is 39.7 Å². The highest BCUT2D eigenvalue weighted by atomic mass is 32.2. The van der Waals surface area contributed by atoms with E-state index in [-0.39, 0.29) is 16.5 Å². The predicted molar refractivity (Wildman–Crippen MR) is 110 cm³/mol. The van der Waals surface area contributed by atoms with Crippen LogP contribution in [0.25, 0.3) is 10.8 Å². The average molecular weight is 461 g/mol. The van der Waals surface area contributed by atoms with Crippen LogP contribution in [0, 0.1) is 20.2 Å². The molecule has 0 amide bonds. The van der Waals surface area contributed by atoms with Crippen LogP contribution in [0.5, 0.6) is 11.5 Å². The van der Waals surface area contributed by atoms with E-state index in [4.69, 9.17) is 0 Å². The summed E-state index contributed by atoms with van der Waals surface area (Å²) in [4.78, 5) is 23.0. The molecule has 3 rings (SSSR count). The monoisotopic (exact) mass is 461 g/mol. The SMILES string of the molecule is C=Nc1ccc2c(O)c(N=Nc3cc([N+](=O)[O-])cc([N+](=O)[O-])c3O)cc(S(=O)(=O)O)c2c1. The molecule has 32 heavy (non-hydrogen) atoms. The fraction of sp³-hybridized carbons (Fsp3) is 0. The van der Waals surface area contributed by atoms with Crippen molar-refractivity contribution in [2.24, 2.45) is 15.2 Å². The standard InChI is InChI=1S/C17H11N5O9S/c1-18-8-2-3-10-11(4-8)15(32(29,30)31)7-13(16(10)23)20-19-12-5-9(21(25)26)6-14(17(12)24)22(27)28/h2-7,23-24H,1H2,(H,29,30,31). The molecular formula is C17H11N5O9S. The van der Waals surface area contributed by atoms with Gasteiger partial charge in [-0.1, -0.05) is 0 Å². The lowest BCUT2D eigenvalue weighted by Crippen LogP contribution is -1.99. The number of aliphatic imine (C=N–C) groups is 1. The van der Waals surface area contributed by atoms with Gasteiger partial charge in [0.05, 0.1) is 21.6 Å². The van der Waals surface area contributed by atoms with Gasteiger partial charge in [-0.15, -0.1) is 10.2 Å². The maximum atomic E-state index is 11.8. The Hall–Kier alpha value is -4.50. The van der Waals surface area contributed by atoms with Gasteiger partial charge in [0.1, 0.15) is 16.3 Å². The van der Waals surface area contributed by atoms with Crippen molar-refractivity contribution in [1.82, 2.24) is 0 Å². The number of aromatic hydroxyl groups is 2. The summed E-state index contributed by atoms with van der Waals surface area (Å²) in [5.74, 6) is -1.63. The van der Waals surface area contributed by atoms with Crippen LogP contribution >= 0.6 is 0 Å². The molecule has 0 saturated carbocycles. The van der Waals surface area contributed by atoms with Gasteiger partial charge < -0.3 is 10.2 Å². The van der Waals surface area contributed by atoms with Gasteiger partial charge in [-0.2, -0.15) is 8.42 Å². The highest BCUT2D eigenvalue weighted by Crippen LogP contribution is 2.43. The summed E-state index contributed by atoms with van der Waals surface area (Å²) in [6.45, 7) is 3.30. The number of rotatable bonds is 6. The van der Waals surface area contributed by atoms with Gasteiger partial charge in [-0.3, -0.25) is 29.8 Å². The lowest BCUT2D eigenvalue weighted by atomic mass is 10.1. The van der Waals surface area contributed by atoms with E-state index in [2.05, 4.69) is 21.9 Å². The topological polar surface area (TPSA) is 218 Å². The number of hydrogen-bond donors (Lipinski definition) is 3. The summed E-state index contributed by atoms with van der Waals surface area (Å²) in [5, 5.41) is 49.4. The van der Waals surface area contributed by atoms with Crippen molar-refractivity contribution in [3.63, 3.8) is 0 Å². The van der Waals surface area contributed by atoms with Gasteiger partial charge in [0, 0.05) is 16.8 Å². The fourth-order valence-corrected chi connectivity index (χ4v) is 3.46. The number of non-ortho nitro benzene ring substituents is 1. The summed E-state index contributed by atoms with van der Waals surface area (Å²) in [7, 11) is -4.82. The molecule has 0 fully saturated rings. The summed E-state index contributed by atoms with van der Waals surface area (Å²) >= 11 is 0. The average Bonchev–Trinajstić information content (AvgIpc) is 2.72. The minimum absolute atomic E-state index is 0.0734. The molecule has 0 aliphatic heterocycles. The van der Waals surface area contributed by atoms with Crippen LogP contribution < -0.4 is 0 Å². The van der Waals surface area contributed by atoms with E-state index in [0.29, 0.717) is 12.1 Å². The molecule has 15 heteroatoms. The second kappa shape index (κ2) is 7.97. The second-order valence-electron chi connectivity index (χ2n) is 6.15.